The number of hydrogen-bond donors (Lipinski definition) is 1. The van der Waals surface area contributed by atoms with Crippen molar-refractivity contribution in [3.8, 4) is 22.9 Å². The molecule has 0 atom stereocenters. The van der Waals surface area contributed by atoms with Crippen LogP contribution in [0.4, 0.5) is 13.2 Å². The molecule has 0 saturated carbocycles. The molecule has 7 heteroatoms. The first-order valence-corrected chi connectivity index (χ1v) is 7.96. The lowest BCUT2D eigenvalue weighted by molar-refractivity contribution is 0.449. The van der Waals surface area contributed by atoms with Gasteiger partial charge >= 0.3 is 0 Å². The van der Waals surface area contributed by atoms with Crippen molar-refractivity contribution in [2.75, 3.05) is 6.54 Å². The number of benzene rings is 2. The summed E-state index contributed by atoms with van der Waals surface area (Å²) in [6.45, 7) is 1.09. The van der Waals surface area contributed by atoms with Crippen LogP contribution in [0.3, 0.4) is 0 Å². The standard InChI is InChI=1S/C19H12F3N3O/c20-14-3-2-11(16(21)17(14)22)12-6-10(8-23)7-13-18(12)25-5-1-4-24-9-15(25)19(13)26/h2-3,6-7,9,26H,1,4-5H2. The Balaban J connectivity index is 2.15. The minimum atomic E-state index is -1.58. The number of fused-ring (bicyclic) bond motifs is 3. The normalized spacial score (nSPS) is 13.5. The van der Waals surface area contributed by atoms with Crippen LogP contribution in [-0.4, -0.2) is 22.4 Å². The number of hydrogen-bond acceptors (Lipinski definition) is 3. The summed E-state index contributed by atoms with van der Waals surface area (Å²) in [4.78, 5) is 4.20. The molecule has 2 heterocycles. The summed E-state index contributed by atoms with van der Waals surface area (Å²) >= 11 is 0. The quantitative estimate of drug-likeness (QED) is 0.668. The molecule has 1 N–H and O–H groups in total. The van der Waals surface area contributed by atoms with Gasteiger partial charge in [0.25, 0.3) is 0 Å². The molecule has 1 aliphatic rings. The number of aryl methyl sites for hydroxylation is 1. The van der Waals surface area contributed by atoms with Gasteiger partial charge in [-0.3, -0.25) is 4.99 Å². The van der Waals surface area contributed by atoms with Gasteiger partial charge in [-0.2, -0.15) is 5.26 Å². The van der Waals surface area contributed by atoms with Crippen molar-refractivity contribution in [2.24, 2.45) is 4.99 Å². The van der Waals surface area contributed by atoms with Gasteiger partial charge in [0.05, 0.1) is 17.1 Å². The maximum absolute atomic E-state index is 14.4. The second-order valence-corrected chi connectivity index (χ2v) is 6.03. The number of aliphatic imine (C=N–C) groups is 1. The molecule has 1 aromatic heterocycles. The first kappa shape index (κ1) is 16.2. The van der Waals surface area contributed by atoms with Crippen LogP contribution in [0.1, 0.15) is 17.7 Å². The molecule has 4 rings (SSSR count). The van der Waals surface area contributed by atoms with Crippen LogP contribution < -0.4 is 0 Å². The average Bonchev–Trinajstić information content (AvgIpc) is 2.81. The molecular weight excluding hydrogens is 343 g/mol. The monoisotopic (exact) mass is 355 g/mol. The Morgan fingerprint density at radius 3 is 2.69 bits per heavy atom. The molecule has 2 aromatic carbocycles. The molecule has 0 amide bonds. The smallest absolute Gasteiger partial charge is 0.195 e. The zero-order valence-corrected chi connectivity index (χ0v) is 13.4. The van der Waals surface area contributed by atoms with Crippen molar-refractivity contribution in [2.45, 2.75) is 13.0 Å². The Morgan fingerprint density at radius 2 is 1.92 bits per heavy atom. The van der Waals surface area contributed by atoms with E-state index in [1.54, 1.807) is 4.57 Å². The largest absolute Gasteiger partial charge is 0.505 e. The Bertz CT molecular complexity index is 1130. The highest BCUT2D eigenvalue weighted by atomic mass is 19.2. The maximum Gasteiger partial charge on any atom is 0.195 e. The molecule has 0 fully saturated rings. The minimum Gasteiger partial charge on any atom is -0.505 e. The maximum atomic E-state index is 14.4. The summed E-state index contributed by atoms with van der Waals surface area (Å²) in [6.07, 6.45) is 2.23. The number of aromatic nitrogens is 1. The Morgan fingerprint density at radius 1 is 1.12 bits per heavy atom. The van der Waals surface area contributed by atoms with Gasteiger partial charge < -0.3 is 9.67 Å². The van der Waals surface area contributed by atoms with Gasteiger partial charge in [0, 0.05) is 35.8 Å². The van der Waals surface area contributed by atoms with Crippen molar-refractivity contribution >= 4 is 17.1 Å². The predicted molar refractivity (Wildman–Crippen MR) is 90.7 cm³/mol. The van der Waals surface area contributed by atoms with Crippen LogP contribution in [-0.2, 0) is 6.54 Å². The van der Waals surface area contributed by atoms with E-state index in [0.717, 1.165) is 12.1 Å². The van der Waals surface area contributed by atoms with Crippen molar-refractivity contribution in [1.82, 2.24) is 4.57 Å². The number of aromatic hydroxyl groups is 1. The second kappa shape index (κ2) is 5.92. The van der Waals surface area contributed by atoms with E-state index >= 15 is 0 Å². The fraction of sp³-hybridized carbons (Fsp3) is 0.158. The van der Waals surface area contributed by atoms with Crippen molar-refractivity contribution in [3.63, 3.8) is 0 Å². The lowest BCUT2D eigenvalue weighted by Crippen LogP contribution is -2.03. The Kier molecular flexibility index (Phi) is 3.69. The molecule has 0 radical (unpaired) electrons. The van der Waals surface area contributed by atoms with Crippen LogP contribution in [0.2, 0.25) is 0 Å². The first-order valence-electron chi connectivity index (χ1n) is 7.96. The molecule has 0 aliphatic carbocycles. The fourth-order valence-corrected chi connectivity index (χ4v) is 3.33. The van der Waals surface area contributed by atoms with E-state index in [-0.39, 0.29) is 22.4 Å². The highest BCUT2D eigenvalue weighted by Crippen LogP contribution is 2.40. The van der Waals surface area contributed by atoms with E-state index in [4.69, 9.17) is 0 Å². The molecule has 26 heavy (non-hydrogen) atoms. The zero-order chi connectivity index (χ0) is 18.4. The third kappa shape index (κ3) is 2.26. The van der Waals surface area contributed by atoms with Crippen molar-refractivity contribution in [3.05, 3.63) is 53.0 Å². The lowest BCUT2D eigenvalue weighted by Gasteiger charge is -2.12. The van der Waals surface area contributed by atoms with Crippen LogP contribution in [0, 0.1) is 28.8 Å². The van der Waals surface area contributed by atoms with Gasteiger partial charge in [0.15, 0.2) is 17.5 Å². The summed E-state index contributed by atoms with van der Waals surface area (Å²) in [5, 5.41) is 20.2. The third-order valence-corrected chi connectivity index (χ3v) is 4.51. The topological polar surface area (TPSA) is 61.3 Å². The van der Waals surface area contributed by atoms with E-state index < -0.39 is 17.5 Å². The van der Waals surface area contributed by atoms with Crippen LogP contribution in [0.15, 0.2) is 29.3 Å². The van der Waals surface area contributed by atoms with Gasteiger partial charge in [0.1, 0.15) is 11.4 Å². The Labute approximate surface area is 146 Å². The second-order valence-electron chi connectivity index (χ2n) is 6.03. The molecule has 3 aromatic rings. The SMILES string of the molecule is N#Cc1cc(-c2ccc(F)c(F)c2F)c2c(c1)c(O)c1n2CCCN=C1. The summed E-state index contributed by atoms with van der Waals surface area (Å²) in [6, 6.07) is 6.82. The van der Waals surface area contributed by atoms with E-state index in [1.807, 2.05) is 6.07 Å². The van der Waals surface area contributed by atoms with Gasteiger partial charge in [-0.05, 0) is 30.7 Å². The van der Waals surface area contributed by atoms with Crippen molar-refractivity contribution < 1.29 is 18.3 Å². The van der Waals surface area contributed by atoms with E-state index in [1.165, 1.54) is 18.3 Å². The van der Waals surface area contributed by atoms with Gasteiger partial charge in [-0.1, -0.05) is 0 Å². The molecule has 1 aliphatic heterocycles. The molecule has 0 unspecified atom stereocenters. The highest BCUT2D eigenvalue weighted by molar-refractivity contribution is 6.05. The summed E-state index contributed by atoms with van der Waals surface area (Å²) in [7, 11) is 0. The number of halogens is 3. The molecule has 130 valence electrons. The van der Waals surface area contributed by atoms with Crippen LogP contribution in [0.25, 0.3) is 22.0 Å². The van der Waals surface area contributed by atoms with E-state index in [9.17, 15) is 23.5 Å². The summed E-state index contributed by atoms with van der Waals surface area (Å²) in [5.74, 6) is -4.28. The number of rotatable bonds is 1. The zero-order valence-electron chi connectivity index (χ0n) is 13.4. The Hall–Kier alpha value is -3.27. The average molecular weight is 355 g/mol. The van der Waals surface area contributed by atoms with Crippen LogP contribution >= 0.6 is 0 Å². The molecule has 4 nitrogen and oxygen atoms in total. The van der Waals surface area contributed by atoms with Gasteiger partial charge in [0.2, 0.25) is 0 Å². The minimum absolute atomic E-state index is 0.0769. The van der Waals surface area contributed by atoms with E-state index in [0.29, 0.717) is 36.1 Å². The highest BCUT2D eigenvalue weighted by Gasteiger charge is 2.24. The predicted octanol–water partition coefficient (Wildman–Crippen LogP) is 4.13. The number of nitrogens with zero attached hydrogens (tertiary/aromatic N) is 3. The fourth-order valence-electron chi connectivity index (χ4n) is 3.33. The molecular formula is C19H12F3N3O. The van der Waals surface area contributed by atoms with Crippen LogP contribution in [0.5, 0.6) is 5.75 Å². The van der Waals surface area contributed by atoms with Gasteiger partial charge in [-0.25, -0.2) is 13.2 Å². The lowest BCUT2D eigenvalue weighted by atomic mass is 9.99. The molecule has 0 bridgehead atoms. The van der Waals surface area contributed by atoms with E-state index in [2.05, 4.69) is 4.99 Å². The van der Waals surface area contributed by atoms with Gasteiger partial charge in [-0.15, -0.1) is 0 Å². The summed E-state index contributed by atoms with van der Waals surface area (Å²) in [5.41, 5.74) is 1.11. The molecule has 0 spiro atoms. The third-order valence-electron chi connectivity index (χ3n) is 4.51. The molecule has 0 saturated heterocycles. The van der Waals surface area contributed by atoms with Crippen molar-refractivity contribution in [1.29, 1.82) is 5.26 Å². The number of nitriles is 1. The first-order chi connectivity index (χ1) is 12.5. The summed E-state index contributed by atoms with van der Waals surface area (Å²) < 4.78 is 43.3.